The molecular weight excluding hydrogens is 620 g/mol. The molecule has 0 radical (unpaired) electrons. The van der Waals surface area contributed by atoms with E-state index in [1.165, 1.54) is 31.3 Å². The van der Waals surface area contributed by atoms with Gasteiger partial charge in [0, 0.05) is 42.6 Å². The second kappa shape index (κ2) is 12.0. The smallest absolute Gasteiger partial charge is 0.164 e. The molecule has 5 aliphatic rings. The fourth-order valence-corrected chi connectivity index (χ4v) is 13.1. The molecule has 1 aromatic carbocycles. The van der Waals surface area contributed by atoms with Gasteiger partial charge >= 0.3 is 0 Å². The van der Waals surface area contributed by atoms with E-state index in [0.717, 1.165) is 36.8 Å². The molecule has 0 aliphatic heterocycles. The van der Waals surface area contributed by atoms with Gasteiger partial charge in [-0.3, -0.25) is 4.79 Å². The van der Waals surface area contributed by atoms with Crippen LogP contribution < -0.4 is 5.73 Å². The maximum atomic E-state index is 14.1. The monoisotopic (exact) mass is 676 g/mol. The van der Waals surface area contributed by atoms with Crippen LogP contribution in [0.15, 0.2) is 35.4 Å². The summed E-state index contributed by atoms with van der Waals surface area (Å²) in [6, 6.07) is 7.54. The van der Waals surface area contributed by atoms with Gasteiger partial charge in [-0.2, -0.15) is 0 Å². The van der Waals surface area contributed by atoms with Crippen molar-refractivity contribution < 1.29 is 14.6 Å². The van der Waals surface area contributed by atoms with Crippen molar-refractivity contribution in [2.75, 3.05) is 13.7 Å². The zero-order valence-corrected chi connectivity index (χ0v) is 30.9. The average molecular weight is 677 g/mol. The van der Waals surface area contributed by atoms with Crippen molar-refractivity contribution >= 4 is 17.4 Å². The Morgan fingerprint density at radius 3 is 2.35 bits per heavy atom. The third-order valence-electron chi connectivity index (χ3n) is 14.9. The summed E-state index contributed by atoms with van der Waals surface area (Å²) in [7, 11) is 1.90. The van der Waals surface area contributed by atoms with Crippen molar-refractivity contribution in [3.63, 3.8) is 0 Å². The quantitative estimate of drug-likeness (QED) is 0.307. The van der Waals surface area contributed by atoms with Crippen molar-refractivity contribution in [1.29, 1.82) is 0 Å². The number of carbonyl (C=O) groups is 1. The number of benzene rings is 1. The number of nitrogens with zero attached hydrogens (tertiary/aromatic N) is 3. The van der Waals surface area contributed by atoms with Gasteiger partial charge in [-0.1, -0.05) is 58.7 Å². The molecule has 4 fully saturated rings. The summed E-state index contributed by atoms with van der Waals surface area (Å²) >= 11 is 6.20. The highest BCUT2D eigenvalue weighted by atomic mass is 35.5. The molecule has 7 nitrogen and oxygen atoms in total. The maximum Gasteiger partial charge on any atom is 0.164 e. The van der Waals surface area contributed by atoms with E-state index in [2.05, 4.69) is 51.7 Å². The number of ether oxygens (including phenoxy) is 1. The molecule has 5 aliphatic carbocycles. The van der Waals surface area contributed by atoms with Crippen molar-refractivity contribution in [2.45, 2.75) is 118 Å². The van der Waals surface area contributed by atoms with Crippen LogP contribution in [-0.2, 0) is 16.1 Å². The molecule has 0 spiro atoms. The number of rotatable bonds is 7. The van der Waals surface area contributed by atoms with Crippen LogP contribution in [0, 0.1) is 51.2 Å². The number of fused-ring (bicyclic) bond motifs is 7. The summed E-state index contributed by atoms with van der Waals surface area (Å²) in [5.74, 6) is 3.59. The van der Waals surface area contributed by atoms with Crippen LogP contribution in [0.2, 0.25) is 5.02 Å². The Bertz CT molecular complexity index is 1600. The second-order valence-electron chi connectivity index (χ2n) is 17.5. The molecule has 0 amide bonds. The molecule has 9 atom stereocenters. The van der Waals surface area contributed by atoms with Crippen LogP contribution in [0.3, 0.4) is 0 Å². The van der Waals surface area contributed by atoms with E-state index >= 15 is 0 Å². The minimum absolute atomic E-state index is 0.107. The number of aliphatic hydroxyl groups is 1. The molecule has 2 aromatic rings. The summed E-state index contributed by atoms with van der Waals surface area (Å²) in [5.41, 5.74) is 9.21. The minimum atomic E-state index is -0.947. The van der Waals surface area contributed by atoms with Crippen LogP contribution in [-0.4, -0.2) is 45.4 Å². The molecule has 3 N–H and O–H groups in total. The molecule has 8 heteroatoms. The third kappa shape index (κ3) is 4.80. The Labute approximate surface area is 292 Å². The van der Waals surface area contributed by atoms with Crippen LogP contribution in [0.1, 0.15) is 111 Å². The van der Waals surface area contributed by atoms with E-state index < -0.39 is 11.5 Å². The Balaban J connectivity index is 1.28. The Morgan fingerprint density at radius 2 is 1.69 bits per heavy atom. The van der Waals surface area contributed by atoms with Gasteiger partial charge in [0.2, 0.25) is 0 Å². The van der Waals surface area contributed by atoms with Gasteiger partial charge in [0.25, 0.3) is 0 Å². The summed E-state index contributed by atoms with van der Waals surface area (Å²) in [6.45, 7) is 15.3. The van der Waals surface area contributed by atoms with E-state index in [9.17, 15) is 9.90 Å². The van der Waals surface area contributed by atoms with E-state index in [1.807, 2.05) is 35.9 Å². The number of nitrogens with two attached hydrogens (primary N) is 1. The maximum absolute atomic E-state index is 14.1. The zero-order valence-electron chi connectivity index (χ0n) is 30.2. The summed E-state index contributed by atoms with van der Waals surface area (Å²) in [4.78, 5) is 14.1. The number of methoxy groups -OCH3 is 1. The van der Waals surface area contributed by atoms with Crippen LogP contribution in [0.4, 0.5) is 0 Å². The molecular formula is C40H57ClN4O3. The van der Waals surface area contributed by atoms with Gasteiger partial charge in [-0.15, -0.1) is 10.2 Å². The number of allylic oxidation sites excluding steroid dienone is 1. The molecule has 4 saturated carbocycles. The van der Waals surface area contributed by atoms with Gasteiger partial charge in [-0.05, 0) is 127 Å². The predicted molar refractivity (Wildman–Crippen MR) is 190 cm³/mol. The van der Waals surface area contributed by atoms with E-state index in [0.29, 0.717) is 66.0 Å². The van der Waals surface area contributed by atoms with E-state index in [-0.39, 0.29) is 27.9 Å². The van der Waals surface area contributed by atoms with Crippen LogP contribution >= 0.6 is 11.6 Å². The topological polar surface area (TPSA) is 103 Å². The third-order valence-corrected chi connectivity index (χ3v) is 15.1. The molecule has 262 valence electrons. The SMILES string of the molecule is COC1CCC2(C)C(CCC3(C)C4CCC5(C(O)c6nnc(-c7ccc(Cl)cc7)n6CCN)CC(=O)C(C(C)C)=C5C4CCC32)C1(C)C. The number of aromatic nitrogens is 3. The average Bonchev–Trinajstić information content (AvgIpc) is 3.59. The van der Waals surface area contributed by atoms with Crippen LogP contribution in [0.25, 0.3) is 11.4 Å². The van der Waals surface area contributed by atoms with Gasteiger partial charge in [0.1, 0.15) is 6.10 Å². The number of ketones is 1. The molecule has 7 rings (SSSR count). The highest BCUT2D eigenvalue weighted by Gasteiger charge is 2.67. The van der Waals surface area contributed by atoms with Gasteiger partial charge < -0.3 is 20.1 Å². The number of halogens is 1. The Kier molecular flexibility index (Phi) is 8.62. The van der Waals surface area contributed by atoms with E-state index in [1.54, 1.807) is 0 Å². The standard InChI is InChI=1S/C40H57ClN4O3/c1-23(2)32-28(46)22-40(34(47)36-44-43-35(45(36)21-20-42)24-8-10-25(41)11-9-24)19-14-27-26(33(32)40)12-13-30-38(27,5)17-15-29-37(3,4)31(48-7)16-18-39(29,30)6/h8-11,23,26-27,29-31,34,47H,12-22,42H2,1-7H3. The lowest BCUT2D eigenvalue weighted by molar-refractivity contribution is -0.208. The zero-order chi connectivity index (χ0) is 34.4. The van der Waals surface area contributed by atoms with Gasteiger partial charge in [0.15, 0.2) is 17.4 Å². The molecule has 0 bridgehead atoms. The lowest BCUT2D eigenvalue weighted by Gasteiger charge is -2.69. The molecule has 1 heterocycles. The predicted octanol–water partition coefficient (Wildman–Crippen LogP) is 8.20. The Hall–Kier alpha value is -2.06. The highest BCUT2D eigenvalue weighted by molar-refractivity contribution is 6.30. The van der Waals surface area contributed by atoms with Crippen molar-refractivity contribution in [3.8, 4) is 11.4 Å². The first-order chi connectivity index (χ1) is 22.7. The first-order valence-corrected chi connectivity index (χ1v) is 19.0. The number of carbonyl (C=O) groups excluding carboxylic acids is 1. The fourth-order valence-electron chi connectivity index (χ4n) is 13.0. The second-order valence-corrected chi connectivity index (χ2v) is 18.0. The lowest BCUT2D eigenvalue weighted by Crippen LogP contribution is -2.62. The lowest BCUT2D eigenvalue weighted by atomic mass is 9.36. The molecule has 1 aromatic heterocycles. The number of hydrogen-bond donors (Lipinski definition) is 2. The molecule has 0 saturated heterocycles. The molecule has 48 heavy (non-hydrogen) atoms. The van der Waals surface area contributed by atoms with Crippen molar-refractivity contribution in [3.05, 3.63) is 46.3 Å². The van der Waals surface area contributed by atoms with Crippen molar-refractivity contribution in [1.82, 2.24) is 14.8 Å². The first-order valence-electron chi connectivity index (χ1n) is 18.6. The molecule has 9 unspecified atom stereocenters. The van der Waals surface area contributed by atoms with Gasteiger partial charge in [-0.25, -0.2) is 0 Å². The summed E-state index contributed by atoms with van der Waals surface area (Å²) in [6.07, 6.45) is 8.61. The first kappa shape index (κ1) is 34.4. The largest absolute Gasteiger partial charge is 0.384 e. The normalized spacial score (nSPS) is 38.0. The summed E-state index contributed by atoms with van der Waals surface area (Å²) in [5, 5.41) is 22.5. The van der Waals surface area contributed by atoms with Crippen LogP contribution in [0.5, 0.6) is 0 Å². The highest BCUT2D eigenvalue weighted by Crippen LogP contribution is 2.74. The van der Waals surface area contributed by atoms with E-state index in [4.69, 9.17) is 22.1 Å². The number of Topliss-reactive ketones (excluding diaryl/α,β-unsaturated/α-hetero) is 1. The number of aliphatic hydroxyl groups excluding tert-OH is 1. The number of hydrogen-bond acceptors (Lipinski definition) is 6. The fraction of sp³-hybridized carbons (Fsp3) is 0.725. The van der Waals surface area contributed by atoms with Crippen molar-refractivity contribution in [2.24, 2.45) is 57.0 Å². The summed E-state index contributed by atoms with van der Waals surface area (Å²) < 4.78 is 8.05. The van der Waals surface area contributed by atoms with Gasteiger partial charge in [0.05, 0.1) is 6.10 Å². The Morgan fingerprint density at radius 1 is 0.979 bits per heavy atom. The minimum Gasteiger partial charge on any atom is -0.384 e.